The van der Waals surface area contributed by atoms with Crippen LogP contribution < -0.4 is 14.8 Å². The third-order valence-corrected chi connectivity index (χ3v) is 4.60. The molecule has 2 aromatic rings. The third kappa shape index (κ3) is 2.34. The Morgan fingerprint density at radius 3 is 3.10 bits per heavy atom. The third-order valence-electron chi connectivity index (χ3n) is 3.04. The fourth-order valence-electron chi connectivity index (χ4n) is 2.07. The van der Waals surface area contributed by atoms with Crippen molar-refractivity contribution in [2.75, 3.05) is 19.0 Å². The van der Waals surface area contributed by atoms with Crippen molar-refractivity contribution in [3.05, 3.63) is 40.1 Å². The number of hydrogen-bond donors (Lipinski definition) is 1. The van der Waals surface area contributed by atoms with Gasteiger partial charge in [-0.3, -0.25) is 4.79 Å². The number of anilines is 1. The van der Waals surface area contributed by atoms with E-state index in [4.69, 9.17) is 21.1 Å². The van der Waals surface area contributed by atoms with Crippen molar-refractivity contribution in [3.63, 3.8) is 0 Å². The van der Waals surface area contributed by atoms with Crippen molar-refractivity contribution in [3.8, 4) is 11.5 Å². The minimum atomic E-state index is -0.325. The number of thiophene rings is 1. The summed E-state index contributed by atoms with van der Waals surface area (Å²) >= 11 is 8.05. The first-order chi connectivity index (χ1) is 9.69. The van der Waals surface area contributed by atoms with Gasteiger partial charge in [0.2, 0.25) is 0 Å². The molecule has 1 aromatic carbocycles. The molecule has 0 aliphatic carbocycles. The van der Waals surface area contributed by atoms with Crippen molar-refractivity contribution < 1.29 is 14.3 Å². The summed E-state index contributed by atoms with van der Waals surface area (Å²) in [6, 6.07) is 7.44. The van der Waals surface area contributed by atoms with Crippen LogP contribution in [0.5, 0.6) is 11.5 Å². The number of methoxy groups -OCH3 is 1. The number of amides is 1. The fourth-order valence-corrected chi connectivity index (χ4v) is 3.33. The summed E-state index contributed by atoms with van der Waals surface area (Å²) in [5.74, 6) is 1.28. The Morgan fingerprint density at radius 2 is 2.30 bits per heavy atom. The van der Waals surface area contributed by atoms with Crippen LogP contribution in [0.1, 0.15) is 15.8 Å². The highest BCUT2D eigenvalue weighted by Gasteiger charge is 2.21. The number of carbonyl (C=O) groups is 1. The number of fused-ring (bicyclic) bond motifs is 1. The molecule has 1 aliphatic heterocycles. The standard InChI is InChI=1S/C14H12ClNO3S/c1-18-11-4-5-20-14(11)13(15)8-2-3-10-9(6-8)16-12(17)7-19-10/h2-6,13H,7H2,1H3,(H,16,17). The lowest BCUT2D eigenvalue weighted by Crippen LogP contribution is -2.25. The summed E-state index contributed by atoms with van der Waals surface area (Å²) in [6.45, 7) is 0.0510. The molecule has 2 heterocycles. The highest BCUT2D eigenvalue weighted by molar-refractivity contribution is 7.10. The first-order valence-corrected chi connectivity index (χ1v) is 7.32. The van der Waals surface area contributed by atoms with E-state index in [1.165, 1.54) is 11.3 Å². The Morgan fingerprint density at radius 1 is 1.45 bits per heavy atom. The molecule has 4 nitrogen and oxygen atoms in total. The number of benzene rings is 1. The number of carbonyl (C=O) groups excluding carboxylic acids is 1. The lowest BCUT2D eigenvalue weighted by atomic mass is 10.1. The molecule has 1 amide bonds. The summed E-state index contributed by atoms with van der Waals surface area (Å²) in [5.41, 5.74) is 1.54. The normalized spacial score (nSPS) is 15.0. The molecular weight excluding hydrogens is 298 g/mol. The van der Waals surface area contributed by atoms with E-state index in [1.54, 1.807) is 7.11 Å². The van der Waals surface area contributed by atoms with Gasteiger partial charge in [-0.2, -0.15) is 0 Å². The molecule has 1 atom stereocenters. The molecule has 1 aliphatic rings. The fraction of sp³-hybridized carbons (Fsp3) is 0.214. The molecule has 6 heteroatoms. The molecule has 20 heavy (non-hydrogen) atoms. The highest BCUT2D eigenvalue weighted by Crippen LogP contribution is 2.41. The van der Waals surface area contributed by atoms with Crippen LogP contribution in [-0.2, 0) is 4.79 Å². The zero-order chi connectivity index (χ0) is 14.1. The lowest BCUT2D eigenvalue weighted by molar-refractivity contribution is -0.118. The number of rotatable bonds is 3. The van der Waals surface area contributed by atoms with Crippen LogP contribution in [0.4, 0.5) is 5.69 Å². The summed E-state index contributed by atoms with van der Waals surface area (Å²) in [5, 5.41) is 4.39. The maximum atomic E-state index is 11.3. The Bertz CT molecular complexity index is 656. The number of ether oxygens (including phenoxy) is 2. The van der Waals surface area contributed by atoms with Crippen LogP contribution in [0.3, 0.4) is 0 Å². The summed E-state index contributed by atoms with van der Waals surface area (Å²) in [6.07, 6.45) is 0. The maximum Gasteiger partial charge on any atom is 0.262 e. The molecule has 1 unspecified atom stereocenters. The molecule has 3 rings (SSSR count). The van der Waals surface area contributed by atoms with E-state index in [1.807, 2.05) is 29.6 Å². The minimum Gasteiger partial charge on any atom is -0.496 e. The number of alkyl halides is 1. The van der Waals surface area contributed by atoms with E-state index < -0.39 is 0 Å². The van der Waals surface area contributed by atoms with Gasteiger partial charge in [-0.05, 0) is 29.1 Å². The molecule has 0 radical (unpaired) electrons. The van der Waals surface area contributed by atoms with Gasteiger partial charge < -0.3 is 14.8 Å². The van der Waals surface area contributed by atoms with Gasteiger partial charge in [-0.15, -0.1) is 22.9 Å². The van der Waals surface area contributed by atoms with Crippen LogP contribution in [-0.4, -0.2) is 19.6 Å². The van der Waals surface area contributed by atoms with E-state index in [0.29, 0.717) is 11.4 Å². The number of hydrogen-bond acceptors (Lipinski definition) is 4. The van der Waals surface area contributed by atoms with Crippen molar-refractivity contribution in [2.45, 2.75) is 5.38 Å². The largest absolute Gasteiger partial charge is 0.496 e. The monoisotopic (exact) mass is 309 g/mol. The van der Waals surface area contributed by atoms with Gasteiger partial charge in [0.15, 0.2) is 6.61 Å². The quantitative estimate of drug-likeness (QED) is 0.884. The van der Waals surface area contributed by atoms with Crippen LogP contribution in [0, 0.1) is 0 Å². The lowest BCUT2D eigenvalue weighted by Gasteiger charge is -2.19. The van der Waals surface area contributed by atoms with E-state index in [0.717, 1.165) is 16.2 Å². The maximum absolute atomic E-state index is 11.3. The molecule has 1 N–H and O–H groups in total. The Labute approximate surface area is 125 Å². The zero-order valence-corrected chi connectivity index (χ0v) is 12.3. The van der Waals surface area contributed by atoms with Gasteiger partial charge in [0.1, 0.15) is 11.5 Å². The van der Waals surface area contributed by atoms with Crippen LogP contribution in [0.15, 0.2) is 29.6 Å². The summed E-state index contributed by atoms with van der Waals surface area (Å²) in [4.78, 5) is 12.3. The van der Waals surface area contributed by atoms with Gasteiger partial charge in [-0.25, -0.2) is 0 Å². The average Bonchev–Trinajstić information content (AvgIpc) is 2.94. The van der Waals surface area contributed by atoms with Crippen molar-refractivity contribution in [1.29, 1.82) is 0 Å². The van der Waals surface area contributed by atoms with Gasteiger partial charge in [-0.1, -0.05) is 6.07 Å². The molecule has 0 saturated carbocycles. The molecule has 1 aromatic heterocycles. The number of nitrogens with one attached hydrogen (secondary N) is 1. The van der Waals surface area contributed by atoms with E-state index in [9.17, 15) is 4.79 Å². The van der Waals surface area contributed by atoms with Crippen LogP contribution in [0.2, 0.25) is 0 Å². The second-order valence-corrected chi connectivity index (χ2v) is 5.69. The average molecular weight is 310 g/mol. The Hall–Kier alpha value is -1.72. The van der Waals surface area contributed by atoms with Gasteiger partial charge in [0.25, 0.3) is 5.91 Å². The molecule has 0 bridgehead atoms. The summed E-state index contributed by atoms with van der Waals surface area (Å²) in [7, 11) is 1.62. The zero-order valence-electron chi connectivity index (χ0n) is 10.7. The van der Waals surface area contributed by atoms with Crippen LogP contribution in [0.25, 0.3) is 0 Å². The predicted octanol–water partition coefficient (Wildman–Crippen LogP) is 3.42. The minimum absolute atomic E-state index is 0.0510. The molecule has 0 spiro atoms. The SMILES string of the molecule is COc1ccsc1C(Cl)c1ccc2c(c1)NC(=O)CO2. The van der Waals surface area contributed by atoms with E-state index in [2.05, 4.69) is 5.32 Å². The second kappa shape index (κ2) is 5.34. The molecule has 0 saturated heterocycles. The van der Waals surface area contributed by atoms with Gasteiger partial charge >= 0.3 is 0 Å². The van der Waals surface area contributed by atoms with E-state index in [-0.39, 0.29) is 17.9 Å². The number of halogens is 1. The smallest absolute Gasteiger partial charge is 0.262 e. The van der Waals surface area contributed by atoms with Gasteiger partial charge in [0, 0.05) is 0 Å². The Balaban J connectivity index is 1.94. The van der Waals surface area contributed by atoms with Gasteiger partial charge in [0.05, 0.1) is 23.1 Å². The van der Waals surface area contributed by atoms with Crippen molar-refractivity contribution in [2.24, 2.45) is 0 Å². The highest BCUT2D eigenvalue weighted by atomic mass is 35.5. The topological polar surface area (TPSA) is 47.6 Å². The molecule has 104 valence electrons. The summed E-state index contributed by atoms with van der Waals surface area (Å²) < 4.78 is 10.6. The van der Waals surface area contributed by atoms with Crippen LogP contribution >= 0.6 is 22.9 Å². The first-order valence-electron chi connectivity index (χ1n) is 6.01. The molecular formula is C14H12ClNO3S. The van der Waals surface area contributed by atoms with E-state index >= 15 is 0 Å². The Kier molecular flexibility index (Phi) is 3.54. The second-order valence-electron chi connectivity index (χ2n) is 4.31. The van der Waals surface area contributed by atoms with Crippen molar-refractivity contribution in [1.82, 2.24) is 0 Å². The molecule has 0 fully saturated rings. The van der Waals surface area contributed by atoms with Crippen molar-refractivity contribution >= 4 is 34.5 Å². The predicted molar refractivity (Wildman–Crippen MR) is 79.1 cm³/mol. The first kappa shape index (κ1) is 13.3.